The van der Waals surface area contributed by atoms with Gasteiger partial charge in [0.05, 0.1) is 6.33 Å². The van der Waals surface area contributed by atoms with Crippen LogP contribution in [0.5, 0.6) is 11.5 Å². The van der Waals surface area contributed by atoms with Crippen LogP contribution in [0, 0.1) is 0 Å². The quantitative estimate of drug-likeness (QED) is 0.176. The van der Waals surface area contributed by atoms with E-state index in [1.165, 1.54) is 17.2 Å². The van der Waals surface area contributed by atoms with Crippen molar-refractivity contribution in [2.24, 2.45) is 0 Å². The van der Waals surface area contributed by atoms with Crippen LogP contribution >= 0.6 is 0 Å². The van der Waals surface area contributed by atoms with Crippen molar-refractivity contribution in [3.8, 4) is 11.5 Å². The molecule has 39 heavy (non-hydrogen) atoms. The molecule has 0 bridgehead atoms. The van der Waals surface area contributed by atoms with Crippen molar-refractivity contribution in [2.75, 3.05) is 25.4 Å². The highest BCUT2D eigenvalue weighted by Gasteiger charge is 2.47. The van der Waals surface area contributed by atoms with E-state index in [2.05, 4.69) is 31.7 Å². The summed E-state index contributed by atoms with van der Waals surface area (Å²) in [5.41, 5.74) is 7.65. The first-order chi connectivity index (χ1) is 19.0. The zero-order valence-corrected chi connectivity index (χ0v) is 21.2. The molecule has 2 aromatic heterocycles. The summed E-state index contributed by atoms with van der Waals surface area (Å²) in [6.45, 7) is 1.85. The molecular formula is C27H31N7O5. The summed E-state index contributed by atoms with van der Waals surface area (Å²) in [5, 5.41) is 27.1. The Labute approximate surface area is 224 Å². The number of anilines is 1. The second kappa shape index (κ2) is 12.2. The molecule has 0 spiro atoms. The highest BCUT2D eigenvalue weighted by atomic mass is 16.6. The van der Waals surface area contributed by atoms with Crippen LogP contribution in [0.2, 0.25) is 0 Å². The zero-order valence-electron chi connectivity index (χ0n) is 21.2. The number of carbonyl (C=O) groups excluding carboxylic acids is 1. The largest absolute Gasteiger partial charge is 0.457 e. The summed E-state index contributed by atoms with van der Waals surface area (Å²) >= 11 is 0. The van der Waals surface area contributed by atoms with Gasteiger partial charge in [0.15, 0.2) is 23.8 Å². The van der Waals surface area contributed by atoms with E-state index in [4.69, 9.17) is 15.2 Å². The number of benzene rings is 2. The topological polar surface area (TPSA) is 170 Å². The van der Waals surface area contributed by atoms with Crippen LogP contribution in [-0.4, -0.2) is 73.6 Å². The molecule has 1 amide bonds. The Bertz CT molecular complexity index is 1400. The molecule has 4 atom stereocenters. The molecule has 3 heterocycles. The highest BCUT2D eigenvalue weighted by molar-refractivity contribution is 5.82. The molecule has 0 saturated carbocycles. The number of ether oxygens (including phenoxy) is 2. The minimum absolute atomic E-state index is 0.181. The maximum atomic E-state index is 12.7. The Morgan fingerprint density at radius 2 is 1.82 bits per heavy atom. The third-order valence-electron chi connectivity index (χ3n) is 6.46. The van der Waals surface area contributed by atoms with Gasteiger partial charge in [-0.25, -0.2) is 15.0 Å². The second-order valence-corrected chi connectivity index (χ2v) is 9.22. The third-order valence-corrected chi connectivity index (χ3v) is 6.46. The average Bonchev–Trinajstić information content (AvgIpc) is 3.50. The third kappa shape index (κ3) is 6.15. The molecule has 4 aromatic rings. The predicted octanol–water partition coefficient (Wildman–Crippen LogP) is 1.16. The molecule has 2 aromatic carbocycles. The number of rotatable bonds is 11. The van der Waals surface area contributed by atoms with Gasteiger partial charge in [0.1, 0.15) is 35.6 Å². The van der Waals surface area contributed by atoms with Crippen molar-refractivity contribution in [3.63, 3.8) is 0 Å². The molecule has 204 valence electrons. The van der Waals surface area contributed by atoms with Crippen molar-refractivity contribution >= 4 is 22.9 Å². The number of hydrogen-bond acceptors (Lipinski definition) is 10. The number of para-hydroxylation sites is 1. The fourth-order valence-corrected chi connectivity index (χ4v) is 4.43. The van der Waals surface area contributed by atoms with Crippen molar-refractivity contribution < 1.29 is 24.5 Å². The van der Waals surface area contributed by atoms with E-state index < -0.39 is 30.4 Å². The summed E-state index contributed by atoms with van der Waals surface area (Å²) in [6.07, 6.45) is -0.885. The minimum Gasteiger partial charge on any atom is -0.457 e. The molecule has 0 aliphatic carbocycles. The van der Waals surface area contributed by atoms with Crippen molar-refractivity contribution in [3.05, 3.63) is 72.8 Å². The summed E-state index contributed by atoms with van der Waals surface area (Å²) in [6, 6.07) is 17.6. The van der Waals surface area contributed by atoms with E-state index in [1.807, 2.05) is 48.5 Å². The van der Waals surface area contributed by atoms with E-state index in [0.717, 1.165) is 30.0 Å². The van der Waals surface area contributed by atoms with Gasteiger partial charge in [-0.3, -0.25) is 9.36 Å². The Morgan fingerprint density at radius 3 is 2.67 bits per heavy atom. The van der Waals surface area contributed by atoms with Crippen LogP contribution in [-0.2, 0) is 16.0 Å². The van der Waals surface area contributed by atoms with Gasteiger partial charge in [0, 0.05) is 6.54 Å². The summed E-state index contributed by atoms with van der Waals surface area (Å²) in [5.74, 6) is 1.27. The highest BCUT2D eigenvalue weighted by Crippen LogP contribution is 2.32. The average molecular weight is 534 g/mol. The number of aromatic nitrogens is 4. The van der Waals surface area contributed by atoms with E-state index in [9.17, 15) is 15.0 Å². The van der Waals surface area contributed by atoms with Gasteiger partial charge >= 0.3 is 0 Å². The fourth-order valence-electron chi connectivity index (χ4n) is 4.43. The Kier molecular flexibility index (Phi) is 8.27. The Hall–Kier alpha value is -4.10. The number of hydrogen-bond donors (Lipinski definition) is 5. The van der Waals surface area contributed by atoms with Crippen LogP contribution in [0.4, 0.5) is 5.82 Å². The van der Waals surface area contributed by atoms with Crippen molar-refractivity contribution in [2.45, 2.75) is 37.4 Å². The molecule has 1 saturated heterocycles. The van der Waals surface area contributed by atoms with Crippen LogP contribution in [0.3, 0.4) is 0 Å². The van der Waals surface area contributed by atoms with Gasteiger partial charge in [0.2, 0.25) is 0 Å². The second-order valence-electron chi connectivity index (χ2n) is 9.22. The van der Waals surface area contributed by atoms with E-state index in [0.29, 0.717) is 30.7 Å². The number of aliphatic hydroxyl groups excluding tert-OH is 2. The Balaban J connectivity index is 1.03. The number of nitrogens with two attached hydrogens (primary N) is 1. The maximum absolute atomic E-state index is 12.7. The fraction of sp³-hybridized carbons (Fsp3) is 0.333. The molecular weight excluding hydrogens is 502 g/mol. The molecule has 0 unspecified atom stereocenters. The first-order valence-corrected chi connectivity index (χ1v) is 12.8. The van der Waals surface area contributed by atoms with E-state index >= 15 is 0 Å². The lowest BCUT2D eigenvalue weighted by molar-refractivity contribution is -0.137. The lowest BCUT2D eigenvalue weighted by Crippen LogP contribution is -2.43. The number of nitrogen functional groups attached to an aromatic ring is 1. The number of carbonyl (C=O) groups is 1. The van der Waals surface area contributed by atoms with Gasteiger partial charge in [-0.2, -0.15) is 0 Å². The summed E-state index contributed by atoms with van der Waals surface area (Å²) in [7, 11) is 0. The maximum Gasteiger partial charge on any atom is 0.252 e. The van der Waals surface area contributed by atoms with E-state index in [-0.39, 0.29) is 5.82 Å². The molecule has 1 fully saturated rings. The smallest absolute Gasteiger partial charge is 0.252 e. The lowest BCUT2D eigenvalue weighted by Gasteiger charge is -2.16. The van der Waals surface area contributed by atoms with Crippen LogP contribution in [0.1, 0.15) is 18.2 Å². The number of amides is 1. The molecule has 5 rings (SSSR count). The molecule has 12 nitrogen and oxygen atoms in total. The first kappa shape index (κ1) is 26.5. The van der Waals surface area contributed by atoms with Crippen LogP contribution < -0.4 is 21.1 Å². The SMILES string of the molecule is Nc1ncnc2c1ncn2[C@@H]1O[C@H](C(=O)NCCCNCCc2cccc(Oc3ccccc3)c2)[C@@H](O)[C@H]1O. The summed E-state index contributed by atoms with van der Waals surface area (Å²) < 4.78 is 13.0. The lowest BCUT2D eigenvalue weighted by atomic mass is 10.1. The number of imidazole rings is 1. The molecule has 6 N–H and O–H groups in total. The number of aliphatic hydroxyl groups is 2. The summed E-state index contributed by atoms with van der Waals surface area (Å²) in [4.78, 5) is 24.8. The van der Waals surface area contributed by atoms with Crippen molar-refractivity contribution in [1.29, 1.82) is 0 Å². The minimum atomic E-state index is -1.41. The first-order valence-electron chi connectivity index (χ1n) is 12.8. The van der Waals surface area contributed by atoms with E-state index in [1.54, 1.807) is 0 Å². The monoisotopic (exact) mass is 533 g/mol. The van der Waals surface area contributed by atoms with Crippen LogP contribution in [0.25, 0.3) is 11.2 Å². The molecule has 0 radical (unpaired) electrons. The zero-order chi connectivity index (χ0) is 27.2. The predicted molar refractivity (Wildman–Crippen MR) is 143 cm³/mol. The van der Waals surface area contributed by atoms with Crippen molar-refractivity contribution in [1.82, 2.24) is 30.2 Å². The van der Waals surface area contributed by atoms with Gasteiger partial charge in [-0.05, 0) is 55.8 Å². The normalized spacial score (nSPS) is 20.8. The van der Waals surface area contributed by atoms with Crippen LogP contribution in [0.15, 0.2) is 67.3 Å². The van der Waals surface area contributed by atoms with Gasteiger partial charge in [-0.15, -0.1) is 0 Å². The number of fused-ring (bicyclic) bond motifs is 1. The molecule has 12 heteroatoms. The standard InChI is InChI=1S/C27H31N7O5/c28-24-20-25(32-15-31-24)34(16-33-20)27-22(36)21(35)23(39-27)26(37)30-12-5-11-29-13-10-17-6-4-9-19(14-17)38-18-7-2-1-3-8-18/h1-4,6-9,14-16,21-23,27,29,35-36H,5,10-13H2,(H,30,37)(H2,28,31,32)/t21-,22+,23-,27+/m0/s1. The Morgan fingerprint density at radius 1 is 1.00 bits per heavy atom. The molecule has 1 aliphatic rings. The van der Waals surface area contributed by atoms with Gasteiger partial charge in [0.25, 0.3) is 5.91 Å². The molecule has 1 aliphatic heterocycles. The number of nitrogens with one attached hydrogen (secondary N) is 2. The van der Waals surface area contributed by atoms with Gasteiger partial charge < -0.3 is 36.1 Å². The number of nitrogens with zero attached hydrogens (tertiary/aromatic N) is 4. The van der Waals surface area contributed by atoms with Gasteiger partial charge in [-0.1, -0.05) is 30.3 Å².